The van der Waals surface area contributed by atoms with Gasteiger partial charge in [-0.2, -0.15) is 0 Å². The molecule has 0 saturated carbocycles. The van der Waals surface area contributed by atoms with E-state index < -0.39 is 0 Å². The van der Waals surface area contributed by atoms with Gasteiger partial charge in [-0.05, 0) is 37.5 Å². The van der Waals surface area contributed by atoms with Crippen LogP contribution in [0.3, 0.4) is 0 Å². The molecule has 0 spiro atoms. The number of aryl methyl sites for hydroxylation is 1. The lowest BCUT2D eigenvalue weighted by atomic mass is 10.1. The first-order chi connectivity index (χ1) is 8.15. The zero-order valence-electron chi connectivity index (χ0n) is 10.8. The van der Waals surface area contributed by atoms with Crippen molar-refractivity contribution >= 4 is 5.91 Å². The van der Waals surface area contributed by atoms with E-state index >= 15 is 0 Å². The molecular weight excluding hydrogens is 214 g/mol. The predicted molar refractivity (Wildman–Crippen MR) is 68.6 cm³/mol. The summed E-state index contributed by atoms with van der Waals surface area (Å²) in [5.74, 6) is 0.0494. The fourth-order valence-electron chi connectivity index (χ4n) is 1.44. The minimum absolute atomic E-state index is 0.0494. The molecule has 0 fully saturated rings. The Kier molecular flexibility index (Phi) is 5.63. The third-order valence-electron chi connectivity index (χ3n) is 2.69. The van der Waals surface area contributed by atoms with Crippen molar-refractivity contribution in [3.05, 3.63) is 29.6 Å². The summed E-state index contributed by atoms with van der Waals surface area (Å²) in [7, 11) is 0. The summed E-state index contributed by atoms with van der Waals surface area (Å²) >= 11 is 0. The summed E-state index contributed by atoms with van der Waals surface area (Å²) in [5.41, 5.74) is 2.32. The van der Waals surface area contributed by atoms with E-state index in [1.165, 1.54) is 5.56 Å². The van der Waals surface area contributed by atoms with Gasteiger partial charge >= 0.3 is 0 Å². The molecule has 1 unspecified atom stereocenters. The molecule has 1 heterocycles. The molecule has 0 aliphatic heterocycles. The maximum Gasteiger partial charge on any atom is 0.236 e. The molecule has 1 atom stereocenters. The van der Waals surface area contributed by atoms with Crippen molar-refractivity contribution in [3.8, 4) is 0 Å². The zero-order valence-corrected chi connectivity index (χ0v) is 10.8. The maximum atomic E-state index is 11.6. The highest BCUT2D eigenvalue weighted by atomic mass is 16.2. The van der Waals surface area contributed by atoms with E-state index in [0.717, 1.165) is 18.5 Å². The van der Waals surface area contributed by atoms with Crippen LogP contribution in [0, 0.1) is 6.92 Å². The Balaban J connectivity index is 2.40. The van der Waals surface area contributed by atoms with Gasteiger partial charge in [0.25, 0.3) is 0 Å². The van der Waals surface area contributed by atoms with E-state index in [-0.39, 0.29) is 11.9 Å². The number of nitrogens with zero attached hydrogens (tertiary/aromatic N) is 1. The highest BCUT2D eigenvalue weighted by molar-refractivity contribution is 5.81. The Labute approximate surface area is 103 Å². The van der Waals surface area contributed by atoms with Gasteiger partial charge in [0.15, 0.2) is 0 Å². The number of pyridine rings is 1. The number of hydrogen-bond donors (Lipinski definition) is 2. The van der Waals surface area contributed by atoms with E-state index in [2.05, 4.69) is 15.6 Å². The standard InChI is InChI=1S/C13H21N3O/c1-4-6-15-13(17)11(3)16-9-12-8-14-7-5-10(12)2/h5,7-8,11,16H,4,6,9H2,1-3H3,(H,15,17). The van der Waals surface area contributed by atoms with E-state index in [1.54, 1.807) is 6.20 Å². The van der Waals surface area contributed by atoms with Crippen molar-refractivity contribution in [3.63, 3.8) is 0 Å². The third-order valence-corrected chi connectivity index (χ3v) is 2.69. The molecular formula is C13H21N3O. The highest BCUT2D eigenvalue weighted by Gasteiger charge is 2.11. The zero-order chi connectivity index (χ0) is 12.7. The second-order valence-electron chi connectivity index (χ2n) is 4.20. The van der Waals surface area contributed by atoms with Crippen LogP contribution in [-0.4, -0.2) is 23.5 Å². The van der Waals surface area contributed by atoms with Gasteiger partial charge in [-0.1, -0.05) is 6.92 Å². The van der Waals surface area contributed by atoms with Crippen molar-refractivity contribution < 1.29 is 4.79 Å². The average molecular weight is 235 g/mol. The summed E-state index contributed by atoms with van der Waals surface area (Å²) in [6, 6.07) is 1.79. The van der Waals surface area contributed by atoms with Crippen molar-refractivity contribution in [2.75, 3.05) is 6.54 Å². The predicted octanol–water partition coefficient (Wildman–Crippen LogP) is 1.39. The van der Waals surface area contributed by atoms with Crippen LogP contribution in [0.5, 0.6) is 0 Å². The van der Waals surface area contributed by atoms with Gasteiger partial charge in [0.1, 0.15) is 0 Å². The number of carbonyl (C=O) groups excluding carboxylic acids is 1. The van der Waals surface area contributed by atoms with Crippen molar-refractivity contribution in [2.24, 2.45) is 0 Å². The van der Waals surface area contributed by atoms with Crippen LogP contribution >= 0.6 is 0 Å². The van der Waals surface area contributed by atoms with Crippen LogP contribution < -0.4 is 10.6 Å². The highest BCUT2D eigenvalue weighted by Crippen LogP contribution is 2.04. The van der Waals surface area contributed by atoms with Crippen LogP contribution in [0.15, 0.2) is 18.5 Å². The first-order valence-electron chi connectivity index (χ1n) is 6.05. The number of nitrogens with one attached hydrogen (secondary N) is 2. The van der Waals surface area contributed by atoms with E-state index in [1.807, 2.05) is 33.0 Å². The van der Waals surface area contributed by atoms with Gasteiger partial charge in [0.05, 0.1) is 6.04 Å². The lowest BCUT2D eigenvalue weighted by Gasteiger charge is -2.14. The topological polar surface area (TPSA) is 54.0 Å². The summed E-state index contributed by atoms with van der Waals surface area (Å²) in [6.45, 7) is 7.35. The van der Waals surface area contributed by atoms with Crippen molar-refractivity contribution in [1.29, 1.82) is 0 Å². The molecule has 2 N–H and O–H groups in total. The Bertz CT molecular complexity index is 365. The Morgan fingerprint density at radius 2 is 2.29 bits per heavy atom. The second kappa shape index (κ2) is 7.01. The first kappa shape index (κ1) is 13.6. The molecule has 94 valence electrons. The first-order valence-corrected chi connectivity index (χ1v) is 6.05. The lowest BCUT2D eigenvalue weighted by molar-refractivity contribution is -0.122. The smallest absolute Gasteiger partial charge is 0.236 e. The summed E-state index contributed by atoms with van der Waals surface area (Å²) in [6.07, 6.45) is 4.56. The number of rotatable bonds is 6. The van der Waals surface area contributed by atoms with Crippen LogP contribution in [0.25, 0.3) is 0 Å². The third kappa shape index (κ3) is 4.53. The quantitative estimate of drug-likeness (QED) is 0.783. The number of aromatic nitrogens is 1. The summed E-state index contributed by atoms with van der Waals surface area (Å²) < 4.78 is 0. The monoisotopic (exact) mass is 235 g/mol. The van der Waals surface area contributed by atoms with Gasteiger partial charge in [0, 0.05) is 25.5 Å². The molecule has 4 heteroatoms. The molecule has 0 aromatic carbocycles. The molecule has 0 aliphatic carbocycles. The molecule has 0 aliphatic rings. The van der Waals surface area contributed by atoms with Gasteiger partial charge in [-0.3, -0.25) is 9.78 Å². The summed E-state index contributed by atoms with van der Waals surface area (Å²) in [4.78, 5) is 15.7. The molecule has 1 aromatic heterocycles. The Hall–Kier alpha value is -1.42. The molecule has 17 heavy (non-hydrogen) atoms. The minimum Gasteiger partial charge on any atom is -0.355 e. The fraction of sp³-hybridized carbons (Fsp3) is 0.538. The summed E-state index contributed by atoms with van der Waals surface area (Å²) in [5, 5.41) is 6.06. The number of hydrogen-bond acceptors (Lipinski definition) is 3. The molecule has 4 nitrogen and oxygen atoms in total. The largest absolute Gasteiger partial charge is 0.355 e. The van der Waals surface area contributed by atoms with Crippen LogP contribution in [0.4, 0.5) is 0 Å². The van der Waals surface area contributed by atoms with Gasteiger partial charge in [0.2, 0.25) is 5.91 Å². The molecule has 1 rings (SSSR count). The van der Waals surface area contributed by atoms with E-state index in [9.17, 15) is 4.79 Å². The average Bonchev–Trinajstić information content (AvgIpc) is 2.34. The van der Waals surface area contributed by atoms with Gasteiger partial charge < -0.3 is 10.6 Å². The number of amides is 1. The van der Waals surface area contributed by atoms with Crippen molar-refractivity contribution in [1.82, 2.24) is 15.6 Å². The Morgan fingerprint density at radius 1 is 1.53 bits per heavy atom. The molecule has 1 aromatic rings. The number of carbonyl (C=O) groups is 1. The lowest BCUT2D eigenvalue weighted by Crippen LogP contribution is -2.42. The minimum atomic E-state index is -0.179. The van der Waals surface area contributed by atoms with Crippen LogP contribution in [0.1, 0.15) is 31.4 Å². The SMILES string of the molecule is CCCNC(=O)C(C)NCc1cnccc1C. The van der Waals surface area contributed by atoms with E-state index in [4.69, 9.17) is 0 Å². The van der Waals surface area contributed by atoms with Gasteiger partial charge in [-0.25, -0.2) is 0 Å². The Morgan fingerprint density at radius 3 is 2.94 bits per heavy atom. The second-order valence-corrected chi connectivity index (χ2v) is 4.20. The molecule has 0 bridgehead atoms. The van der Waals surface area contributed by atoms with Gasteiger partial charge in [-0.15, -0.1) is 0 Å². The van der Waals surface area contributed by atoms with Crippen molar-refractivity contribution in [2.45, 2.75) is 39.8 Å². The molecule has 0 radical (unpaired) electrons. The molecule has 1 amide bonds. The van der Waals surface area contributed by atoms with Crippen LogP contribution in [-0.2, 0) is 11.3 Å². The fourth-order valence-corrected chi connectivity index (χ4v) is 1.44. The molecule has 0 saturated heterocycles. The maximum absolute atomic E-state index is 11.6. The van der Waals surface area contributed by atoms with Crippen LogP contribution in [0.2, 0.25) is 0 Å². The normalized spacial score (nSPS) is 12.2. The van der Waals surface area contributed by atoms with E-state index in [0.29, 0.717) is 6.54 Å².